The van der Waals surface area contributed by atoms with E-state index in [4.69, 9.17) is 0 Å². The van der Waals surface area contributed by atoms with E-state index in [1.54, 1.807) is 12.1 Å². The van der Waals surface area contributed by atoms with E-state index in [1.807, 2.05) is 44.4 Å². The van der Waals surface area contributed by atoms with E-state index in [1.165, 1.54) is 24.8 Å². The maximum atomic E-state index is 12.7. The van der Waals surface area contributed by atoms with Crippen molar-refractivity contribution in [2.45, 2.75) is 36.6 Å². The van der Waals surface area contributed by atoms with E-state index < -0.39 is 10.0 Å². The summed E-state index contributed by atoms with van der Waals surface area (Å²) in [5.74, 6) is -0.244. The lowest BCUT2D eigenvalue weighted by Crippen LogP contribution is -2.27. The smallest absolute Gasteiger partial charge is 0.241 e. The molecule has 0 aliphatic carbocycles. The molecule has 0 aliphatic heterocycles. The minimum Gasteiger partial charge on any atom is -0.325 e. The normalized spacial score (nSPS) is 12.6. The Hall–Kier alpha value is -1.83. The summed E-state index contributed by atoms with van der Waals surface area (Å²) in [6.45, 7) is 5.15. The van der Waals surface area contributed by atoms with Gasteiger partial charge >= 0.3 is 0 Å². The summed E-state index contributed by atoms with van der Waals surface area (Å²) in [6, 6.07) is 12.0. The van der Waals surface area contributed by atoms with Crippen LogP contribution in [0, 0.1) is 6.92 Å². The maximum Gasteiger partial charge on any atom is 0.241 e. The molecule has 0 saturated carbocycles. The summed E-state index contributed by atoms with van der Waals surface area (Å²) in [7, 11) is -3.72. The number of carbonyl (C=O) groups excluding carboxylic acids is 1. The van der Waals surface area contributed by atoms with E-state index in [-0.39, 0.29) is 16.8 Å². The van der Waals surface area contributed by atoms with Gasteiger partial charge in [-0.3, -0.25) is 4.79 Å². The molecule has 0 aromatic heterocycles. The molecular weight excluding hydrogens is 356 g/mol. The van der Waals surface area contributed by atoms with Crippen molar-refractivity contribution in [3.8, 4) is 0 Å². The molecule has 134 valence electrons. The molecule has 7 heteroatoms. The lowest BCUT2D eigenvalue weighted by molar-refractivity contribution is -0.114. The quantitative estimate of drug-likeness (QED) is 0.751. The van der Waals surface area contributed by atoms with E-state index in [0.717, 1.165) is 16.0 Å². The Bertz CT molecular complexity index is 880. The van der Waals surface area contributed by atoms with Crippen molar-refractivity contribution in [3.63, 3.8) is 0 Å². The summed E-state index contributed by atoms with van der Waals surface area (Å²) in [4.78, 5) is 12.3. The van der Waals surface area contributed by atoms with Crippen LogP contribution < -0.4 is 10.0 Å². The number of amides is 1. The van der Waals surface area contributed by atoms with Crippen LogP contribution in [0.25, 0.3) is 0 Å². The predicted molar refractivity (Wildman–Crippen MR) is 102 cm³/mol. The fourth-order valence-electron chi connectivity index (χ4n) is 2.58. The summed E-state index contributed by atoms with van der Waals surface area (Å²) >= 11 is 1.44. The van der Waals surface area contributed by atoms with Gasteiger partial charge in [-0.05, 0) is 49.4 Å². The second kappa shape index (κ2) is 8.03. The molecule has 0 saturated heterocycles. The van der Waals surface area contributed by atoms with Crippen molar-refractivity contribution in [3.05, 3.63) is 53.6 Å². The number of benzene rings is 2. The SMILES string of the molecule is CSc1ccc(S(=O)(=O)N[C@H](C)c2ccccc2C)cc1NC(C)=O. The van der Waals surface area contributed by atoms with Crippen LogP contribution in [0.1, 0.15) is 31.0 Å². The Morgan fingerprint density at radius 3 is 2.44 bits per heavy atom. The largest absolute Gasteiger partial charge is 0.325 e. The number of hydrogen-bond donors (Lipinski definition) is 2. The van der Waals surface area contributed by atoms with Crippen molar-refractivity contribution < 1.29 is 13.2 Å². The first-order valence-corrected chi connectivity index (χ1v) is 10.5. The molecule has 1 amide bonds. The highest BCUT2D eigenvalue weighted by molar-refractivity contribution is 7.98. The van der Waals surface area contributed by atoms with Crippen LogP contribution in [0.4, 0.5) is 5.69 Å². The van der Waals surface area contributed by atoms with Gasteiger partial charge in [0.1, 0.15) is 0 Å². The van der Waals surface area contributed by atoms with Crippen molar-refractivity contribution in [1.29, 1.82) is 0 Å². The molecule has 0 unspecified atom stereocenters. The Morgan fingerprint density at radius 2 is 1.84 bits per heavy atom. The van der Waals surface area contributed by atoms with Gasteiger partial charge in [0, 0.05) is 17.9 Å². The predicted octanol–water partition coefficient (Wildman–Crippen LogP) is 3.71. The first kappa shape index (κ1) is 19.5. The highest BCUT2D eigenvalue weighted by atomic mass is 32.2. The second-order valence-electron chi connectivity index (χ2n) is 5.74. The fraction of sp³-hybridized carbons (Fsp3) is 0.278. The standard InChI is InChI=1S/C18H22N2O3S2/c1-12-7-5-6-8-16(12)13(2)20-25(22,23)15-9-10-18(24-4)17(11-15)19-14(3)21/h5-11,13,20H,1-4H3,(H,19,21)/t13-/m1/s1. The number of rotatable bonds is 6. The lowest BCUT2D eigenvalue weighted by Gasteiger charge is -2.17. The Kier molecular flexibility index (Phi) is 6.26. The lowest BCUT2D eigenvalue weighted by atomic mass is 10.0. The average molecular weight is 379 g/mol. The van der Waals surface area contributed by atoms with Crippen LogP contribution in [0.3, 0.4) is 0 Å². The third-order valence-electron chi connectivity index (χ3n) is 3.78. The molecule has 0 radical (unpaired) electrons. The first-order chi connectivity index (χ1) is 11.7. The zero-order valence-corrected chi connectivity index (χ0v) is 16.3. The Balaban J connectivity index is 2.33. The molecule has 5 nitrogen and oxygen atoms in total. The van der Waals surface area contributed by atoms with E-state index in [0.29, 0.717) is 5.69 Å². The van der Waals surface area contributed by atoms with Crippen LogP contribution >= 0.6 is 11.8 Å². The summed E-state index contributed by atoms with van der Waals surface area (Å²) in [6.07, 6.45) is 1.87. The number of thioether (sulfide) groups is 1. The van der Waals surface area contributed by atoms with Crippen LogP contribution in [0.5, 0.6) is 0 Å². The fourth-order valence-corrected chi connectivity index (χ4v) is 4.36. The Labute approximate surface area is 153 Å². The van der Waals surface area contributed by atoms with Gasteiger partial charge in [-0.2, -0.15) is 0 Å². The van der Waals surface area contributed by atoms with Gasteiger partial charge in [0.05, 0.1) is 10.6 Å². The van der Waals surface area contributed by atoms with Crippen molar-refractivity contribution in [2.75, 3.05) is 11.6 Å². The third-order valence-corrected chi connectivity index (χ3v) is 6.11. The van der Waals surface area contributed by atoms with Crippen LogP contribution in [-0.2, 0) is 14.8 Å². The molecule has 0 bridgehead atoms. The summed E-state index contributed by atoms with van der Waals surface area (Å²) in [5.41, 5.74) is 2.44. The molecule has 2 aromatic rings. The van der Waals surface area contributed by atoms with Crippen LogP contribution in [-0.4, -0.2) is 20.6 Å². The number of carbonyl (C=O) groups is 1. The third kappa shape index (κ3) is 4.84. The monoisotopic (exact) mass is 378 g/mol. The van der Waals surface area contributed by atoms with Gasteiger partial charge < -0.3 is 5.32 Å². The molecule has 2 aromatic carbocycles. The van der Waals surface area contributed by atoms with E-state index in [9.17, 15) is 13.2 Å². The maximum absolute atomic E-state index is 12.7. The minimum absolute atomic E-state index is 0.120. The van der Waals surface area contributed by atoms with E-state index in [2.05, 4.69) is 10.0 Å². The average Bonchev–Trinajstić information content (AvgIpc) is 2.54. The summed E-state index contributed by atoms with van der Waals surface area (Å²) in [5, 5.41) is 2.68. The minimum atomic E-state index is -3.72. The molecule has 0 heterocycles. The molecule has 0 aliphatic rings. The number of hydrogen-bond acceptors (Lipinski definition) is 4. The van der Waals surface area contributed by atoms with Gasteiger partial charge in [0.2, 0.25) is 15.9 Å². The zero-order chi connectivity index (χ0) is 18.6. The second-order valence-corrected chi connectivity index (χ2v) is 8.30. The highest BCUT2D eigenvalue weighted by Crippen LogP contribution is 2.29. The van der Waals surface area contributed by atoms with Crippen molar-refractivity contribution in [2.24, 2.45) is 0 Å². The number of aryl methyl sites for hydroxylation is 1. The van der Waals surface area contributed by atoms with E-state index >= 15 is 0 Å². The Morgan fingerprint density at radius 1 is 1.16 bits per heavy atom. The highest BCUT2D eigenvalue weighted by Gasteiger charge is 2.20. The molecule has 0 fully saturated rings. The summed E-state index contributed by atoms with van der Waals surface area (Å²) < 4.78 is 28.2. The topological polar surface area (TPSA) is 75.3 Å². The molecular formula is C18H22N2O3S2. The molecule has 1 atom stereocenters. The van der Waals surface area contributed by atoms with Crippen LogP contribution in [0.15, 0.2) is 52.3 Å². The zero-order valence-electron chi connectivity index (χ0n) is 14.7. The number of sulfonamides is 1. The van der Waals surface area contributed by atoms with Crippen molar-refractivity contribution in [1.82, 2.24) is 4.72 Å². The number of anilines is 1. The van der Waals surface area contributed by atoms with Gasteiger partial charge in [-0.15, -0.1) is 11.8 Å². The first-order valence-electron chi connectivity index (χ1n) is 7.78. The van der Waals surface area contributed by atoms with Crippen LogP contribution in [0.2, 0.25) is 0 Å². The van der Waals surface area contributed by atoms with Gasteiger partial charge in [0.15, 0.2) is 0 Å². The molecule has 2 N–H and O–H groups in total. The van der Waals surface area contributed by atoms with Gasteiger partial charge in [-0.25, -0.2) is 13.1 Å². The van der Waals surface area contributed by atoms with Crippen molar-refractivity contribution >= 4 is 33.4 Å². The van der Waals surface area contributed by atoms with Gasteiger partial charge in [0.25, 0.3) is 0 Å². The number of nitrogens with one attached hydrogen (secondary N) is 2. The van der Waals surface area contributed by atoms with Gasteiger partial charge in [-0.1, -0.05) is 24.3 Å². The molecule has 0 spiro atoms. The molecule has 25 heavy (non-hydrogen) atoms. The molecule has 2 rings (SSSR count).